The summed E-state index contributed by atoms with van der Waals surface area (Å²) in [6.07, 6.45) is 6.78. The quantitative estimate of drug-likeness (QED) is 0.258. The molecule has 0 saturated carbocycles. The number of hydrogen-bond donors (Lipinski definition) is 2. The largest absolute Gasteiger partial charge is 0.389 e. The van der Waals surface area contributed by atoms with Gasteiger partial charge in [0.25, 0.3) is 0 Å². The van der Waals surface area contributed by atoms with E-state index in [0.29, 0.717) is 0 Å². The molecule has 30 heavy (non-hydrogen) atoms. The standard InChI is InChI=1S/C23H23N3OS.C2H6/c1-16(22-9-10-23(28-22)20-7-5-12-24-15-20)11-13-25-18(3)26-21-8-4-6-19(14-21)17(2)27;1-2/h4-15,17,27H,1H2,2-3H3,(H,25,26);1-2H3/b13-11-;. The number of aliphatic hydroxyl groups is 1. The molecule has 156 valence electrons. The van der Waals surface area contributed by atoms with Crippen molar-refractivity contribution >= 4 is 28.4 Å². The summed E-state index contributed by atoms with van der Waals surface area (Å²) in [6.45, 7) is 11.8. The van der Waals surface area contributed by atoms with Crippen LogP contribution in [0.1, 0.15) is 44.2 Å². The van der Waals surface area contributed by atoms with Gasteiger partial charge in [0.15, 0.2) is 0 Å². The molecule has 2 heterocycles. The number of thiophene rings is 1. The van der Waals surface area contributed by atoms with Gasteiger partial charge in [0.05, 0.1) is 6.10 Å². The van der Waals surface area contributed by atoms with Gasteiger partial charge in [-0.15, -0.1) is 11.3 Å². The van der Waals surface area contributed by atoms with Crippen LogP contribution in [0.2, 0.25) is 0 Å². The van der Waals surface area contributed by atoms with Crippen molar-refractivity contribution in [1.29, 1.82) is 0 Å². The van der Waals surface area contributed by atoms with Crippen LogP contribution in [0.5, 0.6) is 0 Å². The fourth-order valence-electron chi connectivity index (χ4n) is 2.61. The van der Waals surface area contributed by atoms with Crippen molar-refractivity contribution < 1.29 is 5.11 Å². The molecule has 0 saturated heterocycles. The van der Waals surface area contributed by atoms with Crippen LogP contribution >= 0.6 is 11.3 Å². The van der Waals surface area contributed by atoms with E-state index in [9.17, 15) is 5.11 Å². The highest BCUT2D eigenvalue weighted by atomic mass is 32.1. The number of benzene rings is 1. The smallest absolute Gasteiger partial charge is 0.103 e. The maximum Gasteiger partial charge on any atom is 0.103 e. The van der Waals surface area contributed by atoms with Crippen LogP contribution < -0.4 is 5.32 Å². The van der Waals surface area contributed by atoms with Gasteiger partial charge in [0.2, 0.25) is 0 Å². The number of rotatable bonds is 6. The minimum absolute atomic E-state index is 0.496. The molecule has 1 atom stereocenters. The number of hydrogen-bond acceptors (Lipinski definition) is 4. The number of pyridine rings is 1. The van der Waals surface area contributed by atoms with E-state index >= 15 is 0 Å². The number of allylic oxidation sites excluding steroid dienone is 2. The monoisotopic (exact) mass is 419 g/mol. The number of aromatic nitrogens is 1. The Morgan fingerprint density at radius 1 is 1.20 bits per heavy atom. The fourth-order valence-corrected chi connectivity index (χ4v) is 3.56. The Kier molecular flexibility index (Phi) is 9.19. The minimum atomic E-state index is -0.496. The highest BCUT2D eigenvalue weighted by molar-refractivity contribution is 7.16. The van der Waals surface area contributed by atoms with Crippen LogP contribution in [0.15, 0.2) is 84.8 Å². The Morgan fingerprint density at radius 2 is 2.00 bits per heavy atom. The zero-order valence-electron chi connectivity index (χ0n) is 18.0. The lowest BCUT2D eigenvalue weighted by Gasteiger charge is -2.09. The van der Waals surface area contributed by atoms with Crippen LogP contribution in [0.4, 0.5) is 5.69 Å². The van der Waals surface area contributed by atoms with Gasteiger partial charge in [0.1, 0.15) is 5.84 Å². The summed E-state index contributed by atoms with van der Waals surface area (Å²) < 4.78 is 0. The molecule has 1 unspecified atom stereocenters. The maximum atomic E-state index is 9.69. The van der Waals surface area contributed by atoms with Crippen LogP contribution in [0.3, 0.4) is 0 Å². The molecule has 5 heteroatoms. The van der Waals surface area contributed by atoms with Gasteiger partial charge in [-0.25, -0.2) is 4.99 Å². The first kappa shape index (κ1) is 23.3. The van der Waals surface area contributed by atoms with Gasteiger partial charge < -0.3 is 10.4 Å². The molecule has 0 aliphatic heterocycles. The first-order valence-corrected chi connectivity index (χ1v) is 10.8. The van der Waals surface area contributed by atoms with E-state index < -0.39 is 6.10 Å². The van der Waals surface area contributed by atoms with Crippen LogP contribution in [-0.2, 0) is 0 Å². The lowest BCUT2D eigenvalue weighted by atomic mass is 10.1. The first-order valence-electron chi connectivity index (χ1n) is 9.98. The number of nitrogens with one attached hydrogen (secondary N) is 1. The Morgan fingerprint density at radius 3 is 2.70 bits per heavy atom. The fraction of sp³-hybridized carbons (Fsp3) is 0.200. The molecule has 4 nitrogen and oxygen atoms in total. The number of amidine groups is 1. The van der Waals surface area contributed by atoms with Crippen molar-refractivity contribution in [3.63, 3.8) is 0 Å². The predicted octanol–water partition coefficient (Wildman–Crippen LogP) is 6.95. The van der Waals surface area contributed by atoms with Crippen molar-refractivity contribution in [3.05, 3.63) is 90.2 Å². The molecule has 1 aromatic carbocycles. The third-order valence-corrected chi connectivity index (χ3v) is 5.32. The first-order chi connectivity index (χ1) is 14.5. The van der Waals surface area contributed by atoms with Crippen LogP contribution in [-0.4, -0.2) is 15.9 Å². The predicted molar refractivity (Wildman–Crippen MR) is 131 cm³/mol. The second kappa shape index (κ2) is 11.9. The lowest BCUT2D eigenvalue weighted by Crippen LogP contribution is -2.07. The summed E-state index contributed by atoms with van der Waals surface area (Å²) in [5.74, 6) is 0.758. The Labute approximate surface area is 183 Å². The molecule has 0 spiro atoms. The van der Waals surface area contributed by atoms with Crippen molar-refractivity contribution in [1.82, 2.24) is 4.98 Å². The minimum Gasteiger partial charge on any atom is -0.389 e. The van der Waals surface area contributed by atoms with Crippen molar-refractivity contribution in [3.8, 4) is 10.4 Å². The molecular weight excluding hydrogens is 390 g/mol. The average Bonchev–Trinajstić information content (AvgIpc) is 3.26. The van der Waals surface area contributed by atoms with E-state index in [-0.39, 0.29) is 0 Å². The molecule has 0 bridgehead atoms. The third-order valence-electron chi connectivity index (χ3n) is 4.11. The number of anilines is 1. The van der Waals surface area contributed by atoms with Gasteiger partial charge in [-0.05, 0) is 61.4 Å². The van der Waals surface area contributed by atoms with Gasteiger partial charge in [-0.3, -0.25) is 4.98 Å². The summed E-state index contributed by atoms with van der Waals surface area (Å²) >= 11 is 1.68. The molecule has 0 aliphatic carbocycles. The van der Waals surface area contributed by atoms with E-state index in [2.05, 4.69) is 34.0 Å². The van der Waals surface area contributed by atoms with Crippen LogP contribution in [0, 0.1) is 0 Å². The summed E-state index contributed by atoms with van der Waals surface area (Å²) in [5.41, 5.74) is 3.77. The SMILES string of the molecule is C=C(/C=C\N=C(C)Nc1cccc(C(C)O)c1)c1ccc(-c2cccnc2)s1.CC. The molecule has 2 aromatic heterocycles. The maximum absolute atomic E-state index is 9.69. The summed E-state index contributed by atoms with van der Waals surface area (Å²) in [6, 6.07) is 15.8. The topological polar surface area (TPSA) is 57.5 Å². The van der Waals surface area contributed by atoms with E-state index in [1.54, 1.807) is 30.7 Å². The Balaban J connectivity index is 0.00000155. The average molecular weight is 420 g/mol. The summed E-state index contributed by atoms with van der Waals surface area (Å²) in [5, 5.41) is 12.9. The third kappa shape index (κ3) is 6.79. The number of nitrogens with zero attached hydrogens (tertiary/aromatic N) is 2. The van der Waals surface area contributed by atoms with E-state index in [1.165, 1.54) is 0 Å². The van der Waals surface area contributed by atoms with Gasteiger partial charge in [-0.2, -0.15) is 0 Å². The molecule has 0 fully saturated rings. The highest BCUT2D eigenvalue weighted by Gasteiger charge is 2.04. The Hall–Kier alpha value is -3.02. The van der Waals surface area contributed by atoms with Gasteiger partial charge in [-0.1, -0.05) is 38.6 Å². The molecule has 0 radical (unpaired) electrons. The second-order valence-electron chi connectivity index (χ2n) is 6.39. The molecule has 3 rings (SSSR count). The van der Waals surface area contributed by atoms with Crippen molar-refractivity contribution in [2.75, 3.05) is 5.32 Å². The number of aliphatic imine (C=N–C) groups is 1. The molecule has 0 amide bonds. The Bertz CT molecular complexity index is 1000. The second-order valence-corrected chi connectivity index (χ2v) is 7.47. The van der Waals surface area contributed by atoms with Crippen molar-refractivity contribution in [2.24, 2.45) is 4.99 Å². The van der Waals surface area contributed by atoms with Crippen molar-refractivity contribution in [2.45, 2.75) is 33.8 Å². The zero-order valence-corrected chi connectivity index (χ0v) is 18.8. The van der Waals surface area contributed by atoms with Gasteiger partial charge >= 0.3 is 0 Å². The number of aliphatic hydroxyl groups excluding tert-OH is 1. The van der Waals surface area contributed by atoms with Gasteiger partial charge in [0, 0.05) is 39.6 Å². The highest BCUT2D eigenvalue weighted by Crippen LogP contribution is 2.31. The molecule has 3 aromatic rings. The summed E-state index contributed by atoms with van der Waals surface area (Å²) in [7, 11) is 0. The normalized spacial score (nSPS) is 12.2. The van der Waals surface area contributed by atoms with Crippen LogP contribution in [0.25, 0.3) is 16.0 Å². The van der Waals surface area contributed by atoms with E-state index in [4.69, 9.17) is 0 Å². The molecule has 2 N–H and O–H groups in total. The molecular formula is C25H29N3OS. The summed E-state index contributed by atoms with van der Waals surface area (Å²) in [4.78, 5) is 10.8. The zero-order chi connectivity index (χ0) is 21.9. The molecule has 0 aliphatic rings. The lowest BCUT2D eigenvalue weighted by molar-refractivity contribution is 0.199. The van der Waals surface area contributed by atoms with E-state index in [1.807, 2.05) is 69.4 Å². The van der Waals surface area contributed by atoms with E-state index in [0.717, 1.165) is 38.0 Å².